The van der Waals surface area contributed by atoms with E-state index in [9.17, 15) is 40.7 Å². The fourth-order valence-corrected chi connectivity index (χ4v) is 6.88. The van der Waals surface area contributed by atoms with E-state index in [4.69, 9.17) is 0 Å². The minimum absolute atomic E-state index is 0.0808. The maximum Gasteiger partial charge on any atom is 0.421 e. The molecule has 2 aromatic carbocycles. The summed E-state index contributed by atoms with van der Waals surface area (Å²) in [5.41, 5.74) is -3.27. The van der Waals surface area contributed by atoms with Crippen molar-refractivity contribution in [1.82, 2.24) is 15.5 Å². The number of benzene rings is 2. The molecule has 1 fully saturated rings. The largest absolute Gasteiger partial charge is 0.421 e. The van der Waals surface area contributed by atoms with Gasteiger partial charge in [0.2, 0.25) is 5.91 Å². The van der Waals surface area contributed by atoms with E-state index in [1.165, 1.54) is 6.07 Å². The van der Waals surface area contributed by atoms with Crippen LogP contribution in [0.15, 0.2) is 47.4 Å². The zero-order valence-corrected chi connectivity index (χ0v) is 23.4. The molecule has 2 aromatic rings. The van der Waals surface area contributed by atoms with Crippen LogP contribution in [0.3, 0.4) is 0 Å². The number of halogens is 4. The number of rotatable bonds is 7. The number of nitrogens with one attached hydrogen (secondary N) is 2. The van der Waals surface area contributed by atoms with Gasteiger partial charge in [-0.15, -0.1) is 0 Å². The number of anilines is 1. The normalized spacial score (nSPS) is 20.8. The molecular weight excluding hydrogens is 568 g/mol. The van der Waals surface area contributed by atoms with Crippen LogP contribution in [0, 0.1) is 5.82 Å². The van der Waals surface area contributed by atoms with Crippen molar-refractivity contribution in [2.24, 2.45) is 0 Å². The number of fused-ring (bicyclic) bond motifs is 1. The van der Waals surface area contributed by atoms with Crippen LogP contribution < -0.4 is 14.9 Å². The molecule has 4 rings (SSSR count). The third-order valence-electron chi connectivity index (χ3n) is 7.50. The van der Waals surface area contributed by atoms with E-state index in [1.807, 2.05) is 0 Å². The number of aryl methyl sites for hydroxylation is 1. The predicted molar refractivity (Wildman–Crippen MR) is 142 cm³/mol. The highest BCUT2D eigenvalue weighted by atomic mass is 32.2. The molecule has 0 saturated carbocycles. The standard InChI is InChI=1S/C27H32F4N4O5S/c1-3-32-25(37)33-20-12-13-34(16-20)24(36)15-21-8-4-17-14-18(26(2,38)27(29,30)31)5-11-23(17)35(21)41(39,40)22-9-6-19(28)7-10-22/h5-7,9-11,14,20-21,38H,3-4,8,12-13,15-16H2,1-2H3,(H2,32,33,37)/t20-,21-,26?/m0/s1. The fraction of sp³-hybridized carbons (Fsp3) is 0.481. The van der Waals surface area contributed by atoms with Crippen LogP contribution in [-0.4, -0.2) is 68.3 Å². The van der Waals surface area contributed by atoms with Gasteiger partial charge in [-0.25, -0.2) is 17.6 Å². The van der Waals surface area contributed by atoms with Gasteiger partial charge < -0.3 is 20.6 Å². The summed E-state index contributed by atoms with van der Waals surface area (Å²) in [7, 11) is -4.37. The summed E-state index contributed by atoms with van der Waals surface area (Å²) >= 11 is 0. The summed E-state index contributed by atoms with van der Waals surface area (Å²) in [4.78, 5) is 26.5. The highest BCUT2D eigenvalue weighted by Gasteiger charge is 2.51. The molecule has 41 heavy (non-hydrogen) atoms. The van der Waals surface area contributed by atoms with Gasteiger partial charge in [-0.2, -0.15) is 13.2 Å². The number of amides is 3. The Kier molecular flexibility index (Phi) is 8.55. The summed E-state index contributed by atoms with van der Waals surface area (Å²) in [6, 6.07) is 5.97. The Balaban J connectivity index is 1.64. The monoisotopic (exact) mass is 600 g/mol. The Morgan fingerprint density at radius 3 is 2.41 bits per heavy atom. The van der Waals surface area contributed by atoms with E-state index in [0.29, 0.717) is 26.4 Å². The smallest absolute Gasteiger partial charge is 0.376 e. The summed E-state index contributed by atoms with van der Waals surface area (Å²) < 4.78 is 82.8. The second-order valence-electron chi connectivity index (χ2n) is 10.4. The lowest BCUT2D eigenvalue weighted by atomic mass is 9.89. The molecule has 0 aromatic heterocycles. The van der Waals surface area contributed by atoms with Gasteiger partial charge in [-0.3, -0.25) is 9.10 Å². The zero-order valence-electron chi connectivity index (χ0n) is 22.5. The molecule has 1 unspecified atom stereocenters. The van der Waals surface area contributed by atoms with Gasteiger partial charge in [0.1, 0.15) is 5.82 Å². The van der Waals surface area contributed by atoms with Crippen LogP contribution in [0.5, 0.6) is 0 Å². The van der Waals surface area contributed by atoms with Crippen molar-refractivity contribution in [3.63, 3.8) is 0 Å². The zero-order chi connectivity index (χ0) is 30.2. The van der Waals surface area contributed by atoms with Crippen LogP contribution in [0.4, 0.5) is 28.0 Å². The van der Waals surface area contributed by atoms with E-state index in [1.54, 1.807) is 11.8 Å². The van der Waals surface area contributed by atoms with Gasteiger partial charge in [0, 0.05) is 32.1 Å². The number of aliphatic hydroxyl groups is 1. The van der Waals surface area contributed by atoms with E-state index in [2.05, 4.69) is 10.6 Å². The number of nitrogens with zero attached hydrogens (tertiary/aromatic N) is 2. The summed E-state index contributed by atoms with van der Waals surface area (Å²) in [6.07, 6.45) is -4.38. The highest BCUT2D eigenvalue weighted by molar-refractivity contribution is 7.92. The van der Waals surface area contributed by atoms with Gasteiger partial charge in [-0.1, -0.05) is 12.1 Å². The predicted octanol–water partition coefficient (Wildman–Crippen LogP) is 3.42. The van der Waals surface area contributed by atoms with Crippen LogP contribution in [0.1, 0.15) is 44.2 Å². The first-order chi connectivity index (χ1) is 19.1. The molecule has 0 bridgehead atoms. The molecule has 3 N–H and O–H groups in total. The van der Waals surface area contributed by atoms with Gasteiger partial charge in [0.05, 0.1) is 16.6 Å². The van der Waals surface area contributed by atoms with Crippen LogP contribution >= 0.6 is 0 Å². The lowest BCUT2D eigenvalue weighted by Crippen LogP contribution is -2.47. The first kappa shape index (κ1) is 30.6. The summed E-state index contributed by atoms with van der Waals surface area (Å²) in [5.74, 6) is -0.992. The topological polar surface area (TPSA) is 119 Å². The third-order valence-corrected chi connectivity index (χ3v) is 9.38. The number of hydrogen-bond donors (Lipinski definition) is 3. The number of sulfonamides is 1. The molecule has 224 valence electrons. The van der Waals surface area contributed by atoms with Crippen molar-refractivity contribution >= 4 is 27.6 Å². The minimum Gasteiger partial charge on any atom is -0.376 e. The number of likely N-dealkylation sites (tertiary alicyclic amines) is 1. The van der Waals surface area contributed by atoms with Crippen molar-refractivity contribution in [1.29, 1.82) is 0 Å². The quantitative estimate of drug-likeness (QED) is 0.421. The second-order valence-corrected chi connectivity index (χ2v) is 12.2. The maximum absolute atomic E-state index is 13.8. The van der Waals surface area contributed by atoms with Gasteiger partial charge >= 0.3 is 12.2 Å². The molecule has 1 saturated heterocycles. The fourth-order valence-electron chi connectivity index (χ4n) is 5.17. The van der Waals surface area contributed by atoms with Crippen molar-refractivity contribution in [3.05, 3.63) is 59.4 Å². The van der Waals surface area contributed by atoms with Crippen molar-refractivity contribution in [2.75, 3.05) is 23.9 Å². The second kappa shape index (κ2) is 11.5. The lowest BCUT2D eigenvalue weighted by Gasteiger charge is -2.39. The number of hydrogen-bond acceptors (Lipinski definition) is 5. The summed E-state index contributed by atoms with van der Waals surface area (Å²) in [5, 5.41) is 15.6. The Labute approximate surface area is 235 Å². The first-order valence-corrected chi connectivity index (χ1v) is 14.6. The van der Waals surface area contributed by atoms with E-state index >= 15 is 0 Å². The molecule has 0 aliphatic carbocycles. The Morgan fingerprint density at radius 1 is 1.10 bits per heavy atom. The molecule has 2 aliphatic heterocycles. The van der Waals surface area contributed by atoms with Gasteiger partial charge in [0.25, 0.3) is 10.0 Å². The minimum atomic E-state index is -4.97. The molecule has 9 nitrogen and oxygen atoms in total. The number of carbonyl (C=O) groups is 2. The molecular formula is C27H32F4N4O5S. The van der Waals surface area contributed by atoms with Gasteiger partial charge in [-0.05, 0) is 74.6 Å². The molecule has 2 aliphatic rings. The Bertz CT molecular complexity index is 1400. The molecule has 3 atom stereocenters. The maximum atomic E-state index is 13.8. The number of alkyl halides is 3. The third kappa shape index (κ3) is 6.27. The van der Waals surface area contributed by atoms with Gasteiger partial charge in [0.15, 0.2) is 5.60 Å². The lowest BCUT2D eigenvalue weighted by molar-refractivity contribution is -0.258. The molecule has 14 heteroatoms. The summed E-state index contributed by atoms with van der Waals surface area (Å²) in [6.45, 7) is 3.45. The average Bonchev–Trinajstić information content (AvgIpc) is 3.36. The SMILES string of the molecule is CCNC(=O)N[C@H]1CCN(C(=O)C[C@@H]2CCc3cc(C(C)(O)C(F)(F)F)ccc3N2S(=O)(=O)c2ccc(F)cc2)C1. The van der Waals surface area contributed by atoms with Crippen molar-refractivity contribution in [3.8, 4) is 0 Å². The Hall–Kier alpha value is -3.39. The van der Waals surface area contributed by atoms with Crippen LogP contribution in [-0.2, 0) is 26.8 Å². The van der Waals surface area contributed by atoms with E-state index in [-0.39, 0.29) is 59.9 Å². The highest BCUT2D eigenvalue weighted by Crippen LogP contribution is 2.43. The first-order valence-electron chi connectivity index (χ1n) is 13.2. The van der Waals surface area contributed by atoms with Crippen molar-refractivity contribution in [2.45, 2.75) is 68.3 Å². The number of urea groups is 1. The van der Waals surface area contributed by atoms with E-state index < -0.39 is 39.2 Å². The van der Waals surface area contributed by atoms with Crippen LogP contribution in [0.25, 0.3) is 0 Å². The van der Waals surface area contributed by atoms with E-state index in [0.717, 1.165) is 40.7 Å². The molecule has 2 heterocycles. The number of carbonyl (C=O) groups excluding carboxylic acids is 2. The molecule has 0 radical (unpaired) electrons. The van der Waals surface area contributed by atoms with Crippen LogP contribution in [0.2, 0.25) is 0 Å². The van der Waals surface area contributed by atoms with Crippen molar-refractivity contribution < 1.29 is 40.7 Å². The molecule has 3 amide bonds. The molecule has 0 spiro atoms. The Morgan fingerprint density at radius 2 is 1.78 bits per heavy atom. The average molecular weight is 601 g/mol.